The predicted molar refractivity (Wildman–Crippen MR) is 74.7 cm³/mol. The molecule has 0 aliphatic carbocycles. The third-order valence-corrected chi connectivity index (χ3v) is 2.80. The van der Waals surface area contributed by atoms with Crippen LogP contribution in [0.3, 0.4) is 0 Å². The van der Waals surface area contributed by atoms with Gasteiger partial charge in [-0.3, -0.25) is 0 Å². The lowest BCUT2D eigenvalue weighted by Crippen LogP contribution is -2.04. The van der Waals surface area contributed by atoms with Gasteiger partial charge in [0.15, 0.2) is 0 Å². The van der Waals surface area contributed by atoms with E-state index in [1.165, 1.54) is 0 Å². The zero-order valence-electron chi connectivity index (χ0n) is 10.4. The van der Waals surface area contributed by atoms with Gasteiger partial charge in [-0.25, -0.2) is 4.79 Å². The van der Waals surface area contributed by atoms with Crippen LogP contribution in [0.1, 0.15) is 5.56 Å². The van der Waals surface area contributed by atoms with Crippen LogP contribution < -0.4 is 10.9 Å². The molecule has 3 rings (SSSR count). The first-order chi connectivity index (χ1) is 9.22. The van der Waals surface area contributed by atoms with E-state index in [9.17, 15) is 4.79 Å². The molecule has 1 N–H and O–H groups in total. The van der Waals surface area contributed by atoms with Gasteiger partial charge in [0.1, 0.15) is 0 Å². The van der Waals surface area contributed by atoms with Gasteiger partial charge in [-0.2, -0.15) is 4.98 Å². The smallest absolute Gasteiger partial charge is 0.348 e. The summed E-state index contributed by atoms with van der Waals surface area (Å²) >= 11 is 0. The van der Waals surface area contributed by atoms with E-state index in [1.807, 2.05) is 37.3 Å². The zero-order valence-corrected chi connectivity index (χ0v) is 10.4. The SMILES string of the molecule is Cc1cccc(Nc2nc3ccccc3c(=O)o2)c1. The summed E-state index contributed by atoms with van der Waals surface area (Å²) in [6, 6.07) is 15.1. The van der Waals surface area contributed by atoms with Crippen molar-refractivity contribution >= 4 is 22.6 Å². The predicted octanol–water partition coefficient (Wildman–Crippen LogP) is 3.24. The minimum atomic E-state index is -0.388. The van der Waals surface area contributed by atoms with Gasteiger partial charge in [0.25, 0.3) is 0 Å². The van der Waals surface area contributed by atoms with Crippen molar-refractivity contribution in [2.75, 3.05) is 5.32 Å². The molecule has 0 unspecified atom stereocenters. The quantitative estimate of drug-likeness (QED) is 0.760. The molecule has 0 radical (unpaired) electrons. The first kappa shape index (κ1) is 11.5. The van der Waals surface area contributed by atoms with Crippen molar-refractivity contribution in [3.8, 4) is 0 Å². The van der Waals surface area contributed by atoms with E-state index >= 15 is 0 Å². The number of para-hydroxylation sites is 1. The van der Waals surface area contributed by atoms with Gasteiger partial charge in [0, 0.05) is 5.69 Å². The lowest BCUT2D eigenvalue weighted by atomic mass is 10.2. The van der Waals surface area contributed by atoms with Crippen LogP contribution in [0.5, 0.6) is 0 Å². The van der Waals surface area contributed by atoms with Crippen molar-refractivity contribution in [2.24, 2.45) is 0 Å². The van der Waals surface area contributed by atoms with Crippen LogP contribution in [0.15, 0.2) is 57.7 Å². The van der Waals surface area contributed by atoms with Crippen molar-refractivity contribution in [2.45, 2.75) is 6.92 Å². The maximum Gasteiger partial charge on any atom is 0.348 e. The number of rotatable bonds is 2. The van der Waals surface area contributed by atoms with Gasteiger partial charge in [0.05, 0.1) is 10.9 Å². The Morgan fingerprint density at radius 2 is 1.95 bits per heavy atom. The largest absolute Gasteiger partial charge is 0.388 e. The van der Waals surface area contributed by atoms with Crippen LogP contribution in [0.2, 0.25) is 0 Å². The molecule has 0 atom stereocenters. The van der Waals surface area contributed by atoms with Crippen molar-refractivity contribution in [1.82, 2.24) is 4.98 Å². The minimum absolute atomic E-state index is 0.203. The van der Waals surface area contributed by atoms with Gasteiger partial charge in [-0.1, -0.05) is 24.3 Å². The van der Waals surface area contributed by atoms with Crippen LogP contribution in [0, 0.1) is 6.92 Å². The molecule has 94 valence electrons. The number of nitrogens with zero attached hydrogens (tertiary/aromatic N) is 1. The standard InChI is InChI=1S/C15H12N2O2/c1-10-5-4-6-11(9-10)16-15-17-13-8-3-2-7-12(13)14(18)19-15/h2-9H,1H3,(H,16,17). The molecule has 0 amide bonds. The number of hydrogen-bond acceptors (Lipinski definition) is 4. The molecule has 2 aromatic carbocycles. The molecule has 0 spiro atoms. The van der Waals surface area contributed by atoms with Crippen LogP contribution in [-0.2, 0) is 0 Å². The summed E-state index contributed by atoms with van der Waals surface area (Å²) in [5.74, 6) is 0. The lowest BCUT2D eigenvalue weighted by molar-refractivity contribution is 0.522. The van der Waals surface area contributed by atoms with E-state index in [1.54, 1.807) is 18.2 Å². The highest BCUT2D eigenvalue weighted by Gasteiger charge is 2.05. The molecule has 1 heterocycles. The Morgan fingerprint density at radius 3 is 2.79 bits per heavy atom. The molecular formula is C15H12N2O2. The molecule has 1 aromatic heterocycles. The second-order valence-electron chi connectivity index (χ2n) is 4.32. The third-order valence-electron chi connectivity index (χ3n) is 2.80. The summed E-state index contributed by atoms with van der Waals surface area (Å²) in [6.07, 6.45) is 0. The Bertz CT molecular complexity index is 793. The topological polar surface area (TPSA) is 55.1 Å². The molecule has 0 fully saturated rings. The van der Waals surface area contributed by atoms with Gasteiger partial charge in [-0.15, -0.1) is 0 Å². The molecular weight excluding hydrogens is 240 g/mol. The van der Waals surface area contributed by atoms with E-state index in [4.69, 9.17) is 4.42 Å². The Morgan fingerprint density at radius 1 is 1.11 bits per heavy atom. The van der Waals surface area contributed by atoms with E-state index < -0.39 is 0 Å². The van der Waals surface area contributed by atoms with Crippen molar-refractivity contribution in [3.05, 3.63) is 64.5 Å². The van der Waals surface area contributed by atoms with Gasteiger partial charge in [-0.05, 0) is 36.8 Å². The number of benzene rings is 2. The first-order valence-corrected chi connectivity index (χ1v) is 5.96. The Labute approximate surface area is 109 Å². The Kier molecular flexibility index (Phi) is 2.76. The number of fused-ring (bicyclic) bond motifs is 1. The number of anilines is 2. The molecule has 0 bridgehead atoms. The molecule has 0 aliphatic heterocycles. The first-order valence-electron chi connectivity index (χ1n) is 5.96. The van der Waals surface area contributed by atoms with Crippen molar-refractivity contribution in [3.63, 3.8) is 0 Å². The van der Waals surface area contributed by atoms with E-state index in [0.717, 1.165) is 11.3 Å². The number of nitrogens with one attached hydrogen (secondary N) is 1. The summed E-state index contributed by atoms with van der Waals surface area (Å²) in [4.78, 5) is 16.1. The van der Waals surface area contributed by atoms with E-state index in [2.05, 4.69) is 10.3 Å². The number of aryl methyl sites for hydroxylation is 1. The molecule has 4 nitrogen and oxygen atoms in total. The molecule has 19 heavy (non-hydrogen) atoms. The van der Waals surface area contributed by atoms with Gasteiger partial charge in [0.2, 0.25) is 0 Å². The fourth-order valence-corrected chi connectivity index (χ4v) is 1.92. The Balaban J connectivity index is 2.04. The highest BCUT2D eigenvalue weighted by molar-refractivity contribution is 5.77. The van der Waals surface area contributed by atoms with Crippen molar-refractivity contribution < 1.29 is 4.42 Å². The Hall–Kier alpha value is -2.62. The fraction of sp³-hybridized carbons (Fsp3) is 0.0667. The van der Waals surface area contributed by atoms with E-state index in [0.29, 0.717) is 10.9 Å². The zero-order chi connectivity index (χ0) is 13.2. The third kappa shape index (κ3) is 2.33. The number of aromatic nitrogens is 1. The van der Waals surface area contributed by atoms with Gasteiger partial charge >= 0.3 is 11.6 Å². The lowest BCUT2D eigenvalue weighted by Gasteiger charge is -2.05. The molecule has 4 heteroatoms. The molecule has 0 saturated heterocycles. The maximum absolute atomic E-state index is 11.8. The molecule has 0 aliphatic rings. The molecule has 0 saturated carbocycles. The summed E-state index contributed by atoms with van der Waals surface area (Å²) < 4.78 is 5.16. The highest BCUT2D eigenvalue weighted by atomic mass is 16.4. The highest BCUT2D eigenvalue weighted by Crippen LogP contribution is 2.16. The van der Waals surface area contributed by atoms with Crippen LogP contribution in [-0.4, -0.2) is 4.98 Å². The van der Waals surface area contributed by atoms with Gasteiger partial charge < -0.3 is 9.73 Å². The average Bonchev–Trinajstić information content (AvgIpc) is 2.39. The monoisotopic (exact) mass is 252 g/mol. The molecule has 3 aromatic rings. The number of hydrogen-bond donors (Lipinski definition) is 1. The maximum atomic E-state index is 11.8. The van der Waals surface area contributed by atoms with Crippen molar-refractivity contribution in [1.29, 1.82) is 0 Å². The summed E-state index contributed by atoms with van der Waals surface area (Å²) in [5, 5.41) is 3.48. The van der Waals surface area contributed by atoms with Crippen LogP contribution in [0.4, 0.5) is 11.7 Å². The minimum Gasteiger partial charge on any atom is -0.388 e. The summed E-state index contributed by atoms with van der Waals surface area (Å²) in [7, 11) is 0. The average molecular weight is 252 g/mol. The van der Waals surface area contributed by atoms with Crippen LogP contribution >= 0.6 is 0 Å². The van der Waals surface area contributed by atoms with Crippen LogP contribution in [0.25, 0.3) is 10.9 Å². The summed E-state index contributed by atoms with van der Waals surface area (Å²) in [5.41, 5.74) is 2.19. The second-order valence-corrected chi connectivity index (χ2v) is 4.32. The van der Waals surface area contributed by atoms with E-state index in [-0.39, 0.29) is 11.6 Å². The second kappa shape index (κ2) is 4.57. The summed E-state index contributed by atoms with van der Waals surface area (Å²) in [6.45, 7) is 2.00. The fourth-order valence-electron chi connectivity index (χ4n) is 1.92. The normalized spacial score (nSPS) is 10.6.